The lowest BCUT2D eigenvalue weighted by molar-refractivity contribution is -0.0499. The average Bonchev–Trinajstić information content (AvgIpc) is 2.21. The van der Waals surface area contributed by atoms with Crippen molar-refractivity contribution in [2.75, 3.05) is 0 Å². The Labute approximate surface area is 110 Å². The van der Waals surface area contributed by atoms with Crippen molar-refractivity contribution >= 4 is 39.5 Å². The van der Waals surface area contributed by atoms with Gasteiger partial charge >= 0.3 is 6.61 Å². The molecule has 0 fully saturated rings. The minimum Gasteiger partial charge on any atom is -0.434 e. The largest absolute Gasteiger partial charge is 0.434 e. The number of nitrogens with two attached hydrogens (primary N) is 1. The Morgan fingerprint density at radius 2 is 2.29 bits per heavy atom. The van der Waals surface area contributed by atoms with Crippen molar-refractivity contribution in [3.8, 4) is 5.75 Å². The highest BCUT2D eigenvalue weighted by Crippen LogP contribution is 2.23. The zero-order valence-electron chi connectivity index (χ0n) is 8.36. The zero-order valence-corrected chi connectivity index (χ0v) is 10.8. The van der Waals surface area contributed by atoms with Gasteiger partial charge in [-0.2, -0.15) is 13.9 Å². The molecule has 0 atom stereocenters. The quantitative estimate of drug-likeness (QED) is 0.506. The molecule has 17 heavy (non-hydrogen) atoms. The van der Waals surface area contributed by atoms with E-state index in [9.17, 15) is 8.78 Å². The van der Waals surface area contributed by atoms with Crippen molar-refractivity contribution in [3.63, 3.8) is 0 Å². The topological polar surface area (TPSA) is 59.6 Å². The summed E-state index contributed by atoms with van der Waals surface area (Å²) in [5.74, 6) is 0.0108. The molecule has 3 N–H and O–H groups in total. The predicted molar refractivity (Wildman–Crippen MR) is 68.3 cm³/mol. The van der Waals surface area contributed by atoms with Crippen molar-refractivity contribution in [1.82, 2.24) is 5.43 Å². The van der Waals surface area contributed by atoms with Gasteiger partial charge in [0.15, 0.2) is 5.11 Å². The van der Waals surface area contributed by atoms with Gasteiger partial charge in [-0.1, -0.05) is 15.9 Å². The Bertz CT molecular complexity index is 442. The summed E-state index contributed by atoms with van der Waals surface area (Å²) in [5.41, 5.74) is 7.83. The van der Waals surface area contributed by atoms with Gasteiger partial charge in [0.05, 0.1) is 6.21 Å². The summed E-state index contributed by atoms with van der Waals surface area (Å²) in [7, 11) is 0. The molecule has 0 radical (unpaired) electrons. The van der Waals surface area contributed by atoms with Gasteiger partial charge in [0.2, 0.25) is 0 Å². The standard InChI is InChI=1S/C9H8BrF2N3OS/c10-6-1-2-7(16-8(11)12)5(3-6)4-14-15-9(13)17/h1-4,8H,(H3,13,15,17). The summed E-state index contributed by atoms with van der Waals surface area (Å²) in [6.07, 6.45) is 1.28. The summed E-state index contributed by atoms with van der Waals surface area (Å²) in [6, 6.07) is 4.55. The molecule has 8 heteroatoms. The normalized spacial score (nSPS) is 10.8. The molecule has 1 rings (SSSR count). The molecule has 1 aromatic carbocycles. The Morgan fingerprint density at radius 1 is 1.59 bits per heavy atom. The molecule has 0 aliphatic rings. The molecule has 0 aromatic heterocycles. The number of ether oxygens (including phenoxy) is 1. The van der Waals surface area contributed by atoms with Crippen LogP contribution in [0.15, 0.2) is 27.8 Å². The van der Waals surface area contributed by atoms with Gasteiger partial charge in [0.1, 0.15) is 5.75 Å². The van der Waals surface area contributed by atoms with Gasteiger partial charge in [0.25, 0.3) is 0 Å². The first kappa shape index (κ1) is 13.8. The molecule has 1 aromatic rings. The lowest BCUT2D eigenvalue weighted by atomic mass is 10.2. The molecule has 0 heterocycles. The molecule has 0 bridgehead atoms. The second-order valence-electron chi connectivity index (χ2n) is 2.79. The van der Waals surface area contributed by atoms with Gasteiger partial charge in [0, 0.05) is 10.0 Å². The lowest BCUT2D eigenvalue weighted by Crippen LogP contribution is -2.24. The van der Waals surface area contributed by atoms with Gasteiger partial charge in [-0.05, 0) is 30.4 Å². The van der Waals surface area contributed by atoms with Crippen molar-refractivity contribution in [3.05, 3.63) is 28.2 Å². The zero-order chi connectivity index (χ0) is 12.8. The number of alkyl halides is 2. The van der Waals surface area contributed by atoms with Crippen LogP contribution in [0.25, 0.3) is 0 Å². The number of benzene rings is 1. The van der Waals surface area contributed by atoms with Crippen LogP contribution < -0.4 is 15.9 Å². The summed E-state index contributed by atoms with van der Waals surface area (Å²) in [6.45, 7) is -2.90. The van der Waals surface area contributed by atoms with E-state index in [-0.39, 0.29) is 10.9 Å². The van der Waals surface area contributed by atoms with Crippen molar-refractivity contribution in [1.29, 1.82) is 0 Å². The highest BCUT2D eigenvalue weighted by Gasteiger charge is 2.08. The molecule has 0 unspecified atom stereocenters. The predicted octanol–water partition coefficient (Wildman–Crippen LogP) is 2.22. The van der Waals surface area contributed by atoms with E-state index in [1.54, 1.807) is 12.1 Å². The maximum atomic E-state index is 12.1. The highest BCUT2D eigenvalue weighted by atomic mass is 79.9. The van der Waals surface area contributed by atoms with E-state index in [2.05, 4.69) is 43.4 Å². The average molecular weight is 324 g/mol. The fraction of sp³-hybridized carbons (Fsp3) is 0.111. The Hall–Kier alpha value is -1.28. The number of hydrogen-bond acceptors (Lipinski definition) is 3. The van der Waals surface area contributed by atoms with Crippen LogP contribution in [-0.4, -0.2) is 17.9 Å². The van der Waals surface area contributed by atoms with Crippen LogP contribution in [0.1, 0.15) is 5.56 Å². The number of rotatable bonds is 4. The van der Waals surface area contributed by atoms with E-state index in [4.69, 9.17) is 5.73 Å². The second kappa shape index (κ2) is 6.45. The first-order valence-corrected chi connectivity index (χ1v) is 5.52. The Morgan fingerprint density at radius 3 is 2.88 bits per heavy atom. The van der Waals surface area contributed by atoms with E-state index in [1.807, 2.05) is 0 Å². The van der Waals surface area contributed by atoms with Gasteiger partial charge in [-0.15, -0.1) is 0 Å². The van der Waals surface area contributed by atoms with E-state index in [0.717, 1.165) is 0 Å². The second-order valence-corrected chi connectivity index (χ2v) is 4.15. The molecule has 0 amide bonds. The number of nitrogens with zero attached hydrogens (tertiary/aromatic N) is 1. The lowest BCUT2D eigenvalue weighted by Gasteiger charge is -2.07. The van der Waals surface area contributed by atoms with Crippen molar-refractivity contribution in [2.45, 2.75) is 6.61 Å². The van der Waals surface area contributed by atoms with Crippen LogP contribution in [0.3, 0.4) is 0 Å². The summed E-state index contributed by atoms with van der Waals surface area (Å²) < 4.78 is 29.3. The summed E-state index contributed by atoms with van der Waals surface area (Å²) >= 11 is 7.74. The number of hydrazone groups is 1. The maximum absolute atomic E-state index is 12.1. The minimum absolute atomic E-state index is 0.0108. The molecule has 0 aliphatic heterocycles. The summed E-state index contributed by atoms with van der Waals surface area (Å²) in [4.78, 5) is 0. The Balaban J connectivity index is 2.90. The summed E-state index contributed by atoms with van der Waals surface area (Å²) in [5, 5.41) is 3.64. The van der Waals surface area contributed by atoms with E-state index < -0.39 is 6.61 Å². The van der Waals surface area contributed by atoms with E-state index in [0.29, 0.717) is 10.0 Å². The van der Waals surface area contributed by atoms with Crippen LogP contribution in [0.2, 0.25) is 0 Å². The monoisotopic (exact) mass is 323 g/mol. The third-order valence-corrected chi connectivity index (χ3v) is 2.15. The molecule has 0 saturated heterocycles. The molecule has 4 nitrogen and oxygen atoms in total. The third kappa shape index (κ3) is 5.05. The van der Waals surface area contributed by atoms with Crippen LogP contribution >= 0.6 is 28.1 Å². The first-order valence-electron chi connectivity index (χ1n) is 4.32. The van der Waals surface area contributed by atoms with Gasteiger partial charge in [-0.25, -0.2) is 0 Å². The number of hydrogen-bond donors (Lipinski definition) is 2. The maximum Gasteiger partial charge on any atom is 0.387 e. The number of nitrogens with one attached hydrogen (secondary N) is 1. The Kier molecular flexibility index (Phi) is 5.23. The number of halogens is 3. The van der Waals surface area contributed by atoms with Gasteiger partial charge in [-0.3, -0.25) is 5.43 Å². The van der Waals surface area contributed by atoms with Crippen LogP contribution in [-0.2, 0) is 0 Å². The van der Waals surface area contributed by atoms with Crippen molar-refractivity contribution in [2.24, 2.45) is 10.8 Å². The van der Waals surface area contributed by atoms with Crippen LogP contribution in [0.5, 0.6) is 5.75 Å². The molecule has 0 spiro atoms. The molecule has 0 saturated carbocycles. The molecular formula is C9H8BrF2N3OS. The molecule has 0 aliphatic carbocycles. The highest BCUT2D eigenvalue weighted by molar-refractivity contribution is 9.10. The molecular weight excluding hydrogens is 316 g/mol. The van der Waals surface area contributed by atoms with Crippen LogP contribution in [0, 0.1) is 0 Å². The van der Waals surface area contributed by atoms with Crippen molar-refractivity contribution < 1.29 is 13.5 Å². The number of thiocarbonyl (C=S) groups is 1. The van der Waals surface area contributed by atoms with E-state index in [1.165, 1.54) is 12.3 Å². The SMILES string of the molecule is NC(=S)NN=Cc1cc(Br)ccc1OC(F)F. The van der Waals surface area contributed by atoms with Gasteiger partial charge < -0.3 is 10.5 Å². The van der Waals surface area contributed by atoms with E-state index >= 15 is 0 Å². The first-order chi connectivity index (χ1) is 7.99. The molecule has 92 valence electrons. The minimum atomic E-state index is -2.90. The third-order valence-electron chi connectivity index (χ3n) is 1.57. The smallest absolute Gasteiger partial charge is 0.387 e. The fourth-order valence-corrected chi connectivity index (χ4v) is 1.42. The van der Waals surface area contributed by atoms with Crippen LogP contribution in [0.4, 0.5) is 8.78 Å². The fourth-order valence-electron chi connectivity index (χ4n) is 0.989.